The van der Waals surface area contributed by atoms with Crippen LogP contribution in [0.5, 0.6) is 0 Å². The van der Waals surface area contributed by atoms with Gasteiger partial charge in [-0.3, -0.25) is 9.79 Å². The molecule has 1 heterocycles. The topological polar surface area (TPSA) is 85.8 Å². The second kappa shape index (κ2) is 7.47. The van der Waals surface area contributed by atoms with Crippen molar-refractivity contribution in [2.24, 2.45) is 10.9 Å². The van der Waals surface area contributed by atoms with Gasteiger partial charge in [-0.15, -0.1) is 0 Å². The summed E-state index contributed by atoms with van der Waals surface area (Å²) in [7, 11) is 0. The second-order valence-corrected chi connectivity index (χ2v) is 5.66. The average Bonchev–Trinajstić information content (AvgIpc) is 2.84. The molecule has 0 aromatic rings. The van der Waals surface area contributed by atoms with Gasteiger partial charge in [0.2, 0.25) is 5.91 Å². The summed E-state index contributed by atoms with van der Waals surface area (Å²) in [6.07, 6.45) is 4.26. The van der Waals surface area contributed by atoms with Crippen LogP contribution >= 0.6 is 0 Å². The number of hydrogen-bond donors (Lipinski definition) is 4. The highest BCUT2D eigenvalue weighted by molar-refractivity contribution is 5.81. The summed E-state index contributed by atoms with van der Waals surface area (Å²) in [5.74, 6) is 1.20. The molecule has 3 unspecified atom stereocenters. The molecule has 2 fully saturated rings. The SMILES string of the molecule is CCNC(=NCC1CCCC1O)NC1CCC(=O)NC1. The normalized spacial score (nSPS) is 31.0. The molecule has 0 aromatic heterocycles. The molecule has 0 radical (unpaired) electrons. The standard InChI is InChI=1S/C14H26N4O2/c1-2-15-14(17-8-10-4-3-5-12(10)19)18-11-6-7-13(20)16-9-11/h10-12,19H,2-9H2,1H3,(H,16,20)(H2,15,17,18). The Kier molecular flexibility index (Phi) is 5.64. The summed E-state index contributed by atoms with van der Waals surface area (Å²) in [5.41, 5.74) is 0. The average molecular weight is 282 g/mol. The van der Waals surface area contributed by atoms with Crippen molar-refractivity contribution in [1.82, 2.24) is 16.0 Å². The molecule has 1 amide bonds. The van der Waals surface area contributed by atoms with Gasteiger partial charge >= 0.3 is 0 Å². The lowest BCUT2D eigenvalue weighted by Gasteiger charge is -2.25. The van der Waals surface area contributed by atoms with Crippen molar-refractivity contribution in [3.05, 3.63) is 0 Å². The Balaban J connectivity index is 1.83. The van der Waals surface area contributed by atoms with Crippen LogP contribution in [0.3, 0.4) is 0 Å². The highest BCUT2D eigenvalue weighted by atomic mass is 16.3. The third-order valence-electron chi connectivity index (χ3n) is 4.05. The van der Waals surface area contributed by atoms with Gasteiger partial charge in [0, 0.05) is 38.0 Å². The van der Waals surface area contributed by atoms with Gasteiger partial charge < -0.3 is 21.1 Å². The second-order valence-electron chi connectivity index (χ2n) is 5.66. The molecule has 0 aromatic carbocycles. The van der Waals surface area contributed by atoms with Crippen molar-refractivity contribution < 1.29 is 9.90 Å². The Morgan fingerprint density at radius 3 is 2.90 bits per heavy atom. The Hall–Kier alpha value is -1.30. The Morgan fingerprint density at radius 2 is 2.30 bits per heavy atom. The summed E-state index contributed by atoms with van der Waals surface area (Å²) in [4.78, 5) is 15.7. The van der Waals surface area contributed by atoms with Crippen molar-refractivity contribution in [3.8, 4) is 0 Å². The molecule has 3 atom stereocenters. The van der Waals surface area contributed by atoms with E-state index in [1.54, 1.807) is 0 Å². The number of aliphatic hydroxyl groups excluding tert-OH is 1. The van der Waals surface area contributed by atoms with E-state index in [0.29, 0.717) is 19.5 Å². The van der Waals surface area contributed by atoms with Gasteiger partial charge in [0.25, 0.3) is 0 Å². The van der Waals surface area contributed by atoms with Gasteiger partial charge in [0.1, 0.15) is 0 Å². The van der Waals surface area contributed by atoms with Gasteiger partial charge in [-0.1, -0.05) is 6.42 Å². The number of piperidine rings is 1. The number of hydrogen-bond acceptors (Lipinski definition) is 3. The lowest BCUT2D eigenvalue weighted by atomic mass is 10.1. The van der Waals surface area contributed by atoms with Crippen LogP contribution in [0, 0.1) is 5.92 Å². The molecule has 1 aliphatic heterocycles. The van der Waals surface area contributed by atoms with Crippen LogP contribution < -0.4 is 16.0 Å². The van der Waals surface area contributed by atoms with Crippen LogP contribution in [0.15, 0.2) is 4.99 Å². The number of nitrogens with one attached hydrogen (secondary N) is 3. The molecule has 0 bridgehead atoms. The fraction of sp³-hybridized carbons (Fsp3) is 0.857. The monoisotopic (exact) mass is 282 g/mol. The third kappa shape index (κ3) is 4.37. The minimum Gasteiger partial charge on any atom is -0.393 e. The zero-order valence-electron chi connectivity index (χ0n) is 12.2. The largest absolute Gasteiger partial charge is 0.393 e. The number of guanidine groups is 1. The molecule has 0 spiro atoms. The summed E-state index contributed by atoms with van der Waals surface area (Å²) in [6.45, 7) is 4.15. The molecule has 6 nitrogen and oxygen atoms in total. The number of carbonyl (C=O) groups is 1. The van der Waals surface area contributed by atoms with Crippen molar-refractivity contribution in [1.29, 1.82) is 0 Å². The number of aliphatic imine (C=N–C) groups is 1. The van der Waals surface area contributed by atoms with Gasteiger partial charge in [0.05, 0.1) is 6.10 Å². The van der Waals surface area contributed by atoms with Crippen LogP contribution in [-0.2, 0) is 4.79 Å². The molecule has 20 heavy (non-hydrogen) atoms. The molecule has 2 rings (SSSR count). The number of carbonyl (C=O) groups excluding carboxylic acids is 1. The summed E-state index contributed by atoms with van der Waals surface area (Å²) >= 11 is 0. The lowest BCUT2D eigenvalue weighted by molar-refractivity contribution is -0.122. The van der Waals surface area contributed by atoms with Crippen LogP contribution in [0.4, 0.5) is 0 Å². The highest BCUT2D eigenvalue weighted by Crippen LogP contribution is 2.25. The maximum Gasteiger partial charge on any atom is 0.220 e. The first-order valence-corrected chi connectivity index (χ1v) is 7.68. The van der Waals surface area contributed by atoms with Gasteiger partial charge in [0.15, 0.2) is 5.96 Å². The minimum atomic E-state index is -0.199. The molecule has 1 saturated carbocycles. The minimum absolute atomic E-state index is 0.124. The number of amides is 1. The van der Waals surface area contributed by atoms with E-state index in [-0.39, 0.29) is 24.0 Å². The number of aliphatic hydroxyl groups is 1. The Bertz CT molecular complexity index is 349. The molecular weight excluding hydrogens is 256 g/mol. The van der Waals surface area contributed by atoms with Gasteiger partial charge in [-0.25, -0.2) is 0 Å². The first-order chi connectivity index (χ1) is 9.69. The van der Waals surface area contributed by atoms with Crippen LogP contribution in [0.1, 0.15) is 39.0 Å². The Morgan fingerprint density at radius 1 is 1.45 bits per heavy atom. The van der Waals surface area contributed by atoms with Crippen LogP contribution in [0.25, 0.3) is 0 Å². The number of rotatable bonds is 4. The van der Waals surface area contributed by atoms with Crippen LogP contribution in [0.2, 0.25) is 0 Å². The lowest BCUT2D eigenvalue weighted by Crippen LogP contribution is -2.51. The molecule has 2 aliphatic rings. The van der Waals surface area contributed by atoms with E-state index in [2.05, 4.69) is 20.9 Å². The fourth-order valence-corrected chi connectivity index (χ4v) is 2.81. The van der Waals surface area contributed by atoms with E-state index >= 15 is 0 Å². The van der Waals surface area contributed by atoms with Crippen molar-refractivity contribution >= 4 is 11.9 Å². The third-order valence-corrected chi connectivity index (χ3v) is 4.05. The van der Waals surface area contributed by atoms with E-state index in [1.165, 1.54) is 0 Å². The Labute approximate surface area is 120 Å². The summed E-state index contributed by atoms with van der Waals surface area (Å²) in [5, 5.41) is 19.3. The molecule has 1 aliphatic carbocycles. The van der Waals surface area contributed by atoms with Gasteiger partial charge in [-0.05, 0) is 26.2 Å². The maximum atomic E-state index is 11.1. The van der Waals surface area contributed by atoms with Crippen LogP contribution in [-0.4, -0.2) is 48.8 Å². The molecule has 4 N–H and O–H groups in total. The fourth-order valence-electron chi connectivity index (χ4n) is 2.81. The first kappa shape index (κ1) is 15.1. The summed E-state index contributed by atoms with van der Waals surface area (Å²) in [6, 6.07) is 0.235. The first-order valence-electron chi connectivity index (χ1n) is 7.68. The summed E-state index contributed by atoms with van der Waals surface area (Å²) < 4.78 is 0. The maximum absolute atomic E-state index is 11.1. The molecular formula is C14H26N4O2. The van der Waals surface area contributed by atoms with Gasteiger partial charge in [-0.2, -0.15) is 0 Å². The zero-order chi connectivity index (χ0) is 14.4. The smallest absolute Gasteiger partial charge is 0.220 e. The van der Waals surface area contributed by atoms with Crippen molar-refractivity contribution in [2.75, 3.05) is 19.6 Å². The molecule has 114 valence electrons. The molecule has 6 heteroatoms. The zero-order valence-corrected chi connectivity index (χ0v) is 12.2. The predicted molar refractivity (Wildman–Crippen MR) is 78.5 cm³/mol. The van der Waals surface area contributed by atoms with Crippen molar-refractivity contribution in [3.63, 3.8) is 0 Å². The van der Waals surface area contributed by atoms with E-state index < -0.39 is 0 Å². The predicted octanol–water partition coefficient (Wildman–Crippen LogP) is -0.0189. The number of nitrogens with zero attached hydrogens (tertiary/aromatic N) is 1. The molecule has 1 saturated heterocycles. The van der Waals surface area contributed by atoms with E-state index in [4.69, 9.17) is 0 Å². The quantitative estimate of drug-likeness (QED) is 0.431. The highest BCUT2D eigenvalue weighted by Gasteiger charge is 2.25. The van der Waals surface area contributed by atoms with Crippen molar-refractivity contribution in [2.45, 2.75) is 51.2 Å². The van der Waals surface area contributed by atoms with E-state index in [1.807, 2.05) is 6.92 Å². The van der Waals surface area contributed by atoms with E-state index in [9.17, 15) is 9.90 Å². The van der Waals surface area contributed by atoms with E-state index in [0.717, 1.165) is 38.2 Å².